The van der Waals surface area contributed by atoms with Gasteiger partial charge in [-0.15, -0.1) is 6.58 Å². The molecule has 2 aromatic carbocycles. The molecule has 0 aromatic heterocycles. The number of benzene rings is 2. The van der Waals surface area contributed by atoms with Crippen molar-refractivity contribution in [3.05, 3.63) is 84.4 Å². The third-order valence-corrected chi connectivity index (χ3v) is 4.72. The van der Waals surface area contributed by atoms with Crippen molar-refractivity contribution in [2.45, 2.75) is 38.2 Å². The molecule has 0 aliphatic carbocycles. The molecule has 2 atom stereocenters. The summed E-state index contributed by atoms with van der Waals surface area (Å²) in [6.07, 6.45) is -4.26. The Labute approximate surface area is 190 Å². The molecular formula is C24H25F3N2O4. The van der Waals surface area contributed by atoms with Gasteiger partial charge in [-0.2, -0.15) is 13.2 Å². The van der Waals surface area contributed by atoms with Gasteiger partial charge in [0.1, 0.15) is 18.7 Å². The molecule has 2 aromatic rings. The molecule has 0 heterocycles. The SMILES string of the molecule is C=CCN(C(=O)C(F)(F)F)[C@@H](Cc1ccccc1)C(=O)N[C@@H](C)C(=O)OCc1ccccc1. The van der Waals surface area contributed by atoms with Crippen molar-refractivity contribution in [3.63, 3.8) is 0 Å². The maximum absolute atomic E-state index is 13.2. The highest BCUT2D eigenvalue weighted by molar-refractivity contribution is 5.92. The highest BCUT2D eigenvalue weighted by Crippen LogP contribution is 2.22. The molecule has 0 saturated carbocycles. The lowest BCUT2D eigenvalue weighted by Crippen LogP contribution is -2.56. The van der Waals surface area contributed by atoms with E-state index in [4.69, 9.17) is 4.74 Å². The van der Waals surface area contributed by atoms with E-state index in [1.165, 1.54) is 6.92 Å². The van der Waals surface area contributed by atoms with Crippen molar-refractivity contribution in [1.29, 1.82) is 0 Å². The Kier molecular flexibility index (Phi) is 9.20. The molecule has 0 spiro atoms. The Hall–Kier alpha value is -3.62. The first-order valence-electron chi connectivity index (χ1n) is 10.2. The van der Waals surface area contributed by atoms with Gasteiger partial charge in [0.2, 0.25) is 5.91 Å². The number of halogens is 3. The zero-order chi connectivity index (χ0) is 24.4. The number of nitrogens with one attached hydrogen (secondary N) is 1. The number of nitrogens with zero attached hydrogens (tertiary/aromatic N) is 1. The molecule has 0 aliphatic heterocycles. The van der Waals surface area contributed by atoms with Crippen LogP contribution in [0, 0.1) is 0 Å². The van der Waals surface area contributed by atoms with E-state index in [9.17, 15) is 27.6 Å². The van der Waals surface area contributed by atoms with Crippen LogP contribution in [0.1, 0.15) is 18.1 Å². The summed E-state index contributed by atoms with van der Waals surface area (Å²) in [7, 11) is 0. The monoisotopic (exact) mass is 462 g/mol. The van der Waals surface area contributed by atoms with Gasteiger partial charge in [-0.3, -0.25) is 9.59 Å². The van der Waals surface area contributed by atoms with Gasteiger partial charge in [0.15, 0.2) is 0 Å². The first-order valence-corrected chi connectivity index (χ1v) is 10.2. The lowest BCUT2D eigenvalue weighted by molar-refractivity contribution is -0.187. The maximum atomic E-state index is 13.2. The quantitative estimate of drug-likeness (QED) is 0.434. The summed E-state index contributed by atoms with van der Waals surface area (Å²) in [6, 6.07) is 14.5. The van der Waals surface area contributed by atoms with Gasteiger partial charge < -0.3 is 15.0 Å². The minimum atomic E-state index is -5.18. The average molecular weight is 462 g/mol. The van der Waals surface area contributed by atoms with Crippen LogP contribution in [0.3, 0.4) is 0 Å². The van der Waals surface area contributed by atoms with E-state index in [-0.39, 0.29) is 13.0 Å². The molecule has 9 heteroatoms. The summed E-state index contributed by atoms with van der Waals surface area (Å²) in [6.45, 7) is 4.22. The van der Waals surface area contributed by atoms with Gasteiger partial charge in [0.05, 0.1) is 0 Å². The summed E-state index contributed by atoms with van der Waals surface area (Å²) < 4.78 is 44.8. The Morgan fingerprint density at radius 2 is 1.58 bits per heavy atom. The van der Waals surface area contributed by atoms with Crippen LogP contribution in [0.2, 0.25) is 0 Å². The van der Waals surface area contributed by atoms with Crippen LogP contribution in [-0.2, 0) is 32.1 Å². The predicted molar refractivity (Wildman–Crippen MR) is 116 cm³/mol. The molecule has 0 saturated heterocycles. The van der Waals surface area contributed by atoms with Gasteiger partial charge in [0, 0.05) is 13.0 Å². The molecule has 0 bridgehead atoms. The van der Waals surface area contributed by atoms with Crippen LogP contribution in [0.25, 0.3) is 0 Å². The summed E-state index contributed by atoms with van der Waals surface area (Å²) in [4.78, 5) is 37.7. The number of carbonyl (C=O) groups is 3. The second kappa shape index (κ2) is 11.8. The van der Waals surface area contributed by atoms with E-state index >= 15 is 0 Å². The zero-order valence-electron chi connectivity index (χ0n) is 18.0. The van der Waals surface area contributed by atoms with E-state index < -0.39 is 42.6 Å². The van der Waals surface area contributed by atoms with Crippen LogP contribution in [0.4, 0.5) is 13.2 Å². The van der Waals surface area contributed by atoms with Gasteiger partial charge in [-0.25, -0.2) is 4.79 Å². The Morgan fingerprint density at radius 3 is 2.09 bits per heavy atom. The summed E-state index contributed by atoms with van der Waals surface area (Å²) in [5.41, 5.74) is 1.28. The van der Waals surface area contributed by atoms with Crippen molar-refractivity contribution < 1.29 is 32.3 Å². The van der Waals surface area contributed by atoms with E-state index in [0.29, 0.717) is 10.5 Å². The minimum Gasteiger partial charge on any atom is -0.459 e. The molecule has 0 aliphatic rings. The first kappa shape index (κ1) is 25.6. The highest BCUT2D eigenvalue weighted by atomic mass is 19.4. The molecule has 0 fully saturated rings. The standard InChI is InChI=1S/C24H25F3N2O4/c1-3-14-29(23(32)24(25,26)27)20(15-18-10-6-4-7-11-18)21(30)28-17(2)22(31)33-16-19-12-8-5-9-13-19/h3-13,17,20H,1,14-16H2,2H3,(H,28,30)/t17-,20-/m0/s1. The number of carbonyl (C=O) groups excluding carboxylic acids is 3. The fourth-order valence-electron chi connectivity index (χ4n) is 3.06. The highest BCUT2D eigenvalue weighted by Gasteiger charge is 2.46. The number of hydrogen-bond acceptors (Lipinski definition) is 4. The Balaban J connectivity index is 2.18. The van der Waals surface area contributed by atoms with Crippen molar-refractivity contribution in [2.75, 3.05) is 6.54 Å². The Morgan fingerprint density at radius 1 is 1.03 bits per heavy atom. The van der Waals surface area contributed by atoms with Gasteiger partial charge >= 0.3 is 18.1 Å². The number of rotatable bonds is 10. The molecule has 176 valence electrons. The molecule has 0 unspecified atom stereocenters. The van der Waals surface area contributed by atoms with Crippen molar-refractivity contribution in [2.24, 2.45) is 0 Å². The number of hydrogen-bond donors (Lipinski definition) is 1. The number of amides is 2. The van der Waals surface area contributed by atoms with Gasteiger partial charge in [-0.1, -0.05) is 66.7 Å². The molecule has 1 N–H and O–H groups in total. The number of alkyl halides is 3. The fraction of sp³-hybridized carbons (Fsp3) is 0.292. The first-order chi connectivity index (χ1) is 15.6. The van der Waals surface area contributed by atoms with Crippen LogP contribution < -0.4 is 5.32 Å². The van der Waals surface area contributed by atoms with Gasteiger partial charge in [0.25, 0.3) is 0 Å². The smallest absolute Gasteiger partial charge is 0.459 e. The van der Waals surface area contributed by atoms with Crippen molar-refractivity contribution >= 4 is 17.8 Å². The third kappa shape index (κ3) is 7.78. The van der Waals surface area contributed by atoms with Crippen molar-refractivity contribution in [3.8, 4) is 0 Å². The summed E-state index contributed by atoms with van der Waals surface area (Å²) in [5, 5.41) is 2.37. The summed E-state index contributed by atoms with van der Waals surface area (Å²) in [5.74, 6) is -3.84. The average Bonchev–Trinajstić information content (AvgIpc) is 2.79. The van der Waals surface area contributed by atoms with Crippen LogP contribution in [0.5, 0.6) is 0 Å². The molecule has 2 amide bonds. The number of ether oxygens (including phenoxy) is 1. The molecule has 0 radical (unpaired) electrons. The van der Waals surface area contributed by atoms with Crippen LogP contribution >= 0.6 is 0 Å². The molecule has 33 heavy (non-hydrogen) atoms. The Bertz CT molecular complexity index is 949. The van der Waals surface area contributed by atoms with Crippen LogP contribution in [-0.4, -0.2) is 47.5 Å². The van der Waals surface area contributed by atoms with Crippen LogP contribution in [0.15, 0.2) is 73.3 Å². The molecule has 2 rings (SSSR count). The molecular weight excluding hydrogens is 437 g/mol. The molecule has 6 nitrogen and oxygen atoms in total. The van der Waals surface area contributed by atoms with E-state index in [0.717, 1.165) is 11.6 Å². The van der Waals surface area contributed by atoms with E-state index in [1.54, 1.807) is 60.7 Å². The topological polar surface area (TPSA) is 75.7 Å². The third-order valence-electron chi connectivity index (χ3n) is 4.72. The lowest BCUT2D eigenvalue weighted by Gasteiger charge is -2.31. The maximum Gasteiger partial charge on any atom is 0.471 e. The van der Waals surface area contributed by atoms with Crippen molar-refractivity contribution in [1.82, 2.24) is 10.2 Å². The fourth-order valence-corrected chi connectivity index (χ4v) is 3.06. The second-order valence-electron chi connectivity index (χ2n) is 7.27. The zero-order valence-corrected chi connectivity index (χ0v) is 18.0. The largest absolute Gasteiger partial charge is 0.471 e. The normalized spacial score (nSPS) is 12.8. The van der Waals surface area contributed by atoms with Gasteiger partial charge in [-0.05, 0) is 18.1 Å². The van der Waals surface area contributed by atoms with E-state index in [2.05, 4.69) is 11.9 Å². The minimum absolute atomic E-state index is 0.0253. The number of esters is 1. The summed E-state index contributed by atoms with van der Waals surface area (Å²) >= 11 is 0. The second-order valence-corrected chi connectivity index (χ2v) is 7.27. The predicted octanol–water partition coefficient (Wildman–Crippen LogP) is 3.42. The lowest BCUT2D eigenvalue weighted by atomic mass is 10.0. The van der Waals surface area contributed by atoms with E-state index in [1.807, 2.05) is 0 Å².